The van der Waals surface area contributed by atoms with Crippen molar-refractivity contribution in [3.05, 3.63) is 97.1 Å². The number of aromatic amines is 1. The second-order valence-electron chi connectivity index (χ2n) is 7.85. The molecule has 0 aliphatic rings. The Morgan fingerprint density at radius 3 is 2.07 bits per heavy atom. The number of para-hydroxylation sites is 1. The molecule has 0 spiro atoms. The van der Waals surface area contributed by atoms with Crippen LogP contribution < -0.4 is 0 Å². The Kier molecular flexibility index (Phi) is 3.03. The smallest absolute Gasteiger partial charge is 0.160 e. The van der Waals surface area contributed by atoms with Gasteiger partial charge in [-0.2, -0.15) is 0 Å². The maximum absolute atomic E-state index is 6.53. The van der Waals surface area contributed by atoms with Crippen molar-refractivity contribution in [3.63, 3.8) is 0 Å². The van der Waals surface area contributed by atoms with Gasteiger partial charge in [0.2, 0.25) is 0 Å². The molecule has 2 heteroatoms. The second-order valence-corrected chi connectivity index (χ2v) is 7.85. The second kappa shape index (κ2) is 5.74. The summed E-state index contributed by atoms with van der Waals surface area (Å²) in [7, 11) is 0. The summed E-state index contributed by atoms with van der Waals surface area (Å²) in [4.78, 5) is 3.63. The summed E-state index contributed by atoms with van der Waals surface area (Å²) >= 11 is 0. The van der Waals surface area contributed by atoms with Gasteiger partial charge in [-0.25, -0.2) is 0 Å². The summed E-state index contributed by atoms with van der Waals surface area (Å²) in [6.07, 6.45) is 0. The average molecular weight is 383 g/mol. The molecule has 2 nitrogen and oxygen atoms in total. The molecule has 30 heavy (non-hydrogen) atoms. The molecule has 0 unspecified atom stereocenters. The predicted octanol–water partition coefficient (Wildman–Crippen LogP) is 8.04. The molecule has 0 saturated heterocycles. The molecule has 0 aliphatic carbocycles. The van der Waals surface area contributed by atoms with Gasteiger partial charge in [0.1, 0.15) is 5.58 Å². The van der Waals surface area contributed by atoms with Crippen LogP contribution in [-0.4, -0.2) is 4.98 Å². The normalized spacial score (nSPS) is 12.0. The molecule has 0 saturated carbocycles. The highest BCUT2D eigenvalue weighted by molar-refractivity contribution is 6.34. The van der Waals surface area contributed by atoms with Gasteiger partial charge in [-0.15, -0.1) is 0 Å². The van der Waals surface area contributed by atoms with E-state index in [1.165, 1.54) is 38.1 Å². The molecule has 2 aromatic heterocycles. The fourth-order valence-electron chi connectivity index (χ4n) is 4.86. The van der Waals surface area contributed by atoms with E-state index in [2.05, 4.69) is 96.0 Å². The van der Waals surface area contributed by atoms with Crippen LogP contribution >= 0.6 is 0 Å². The highest BCUT2D eigenvalue weighted by atomic mass is 16.3. The number of hydrogen-bond donors (Lipinski definition) is 1. The first-order chi connectivity index (χ1) is 14.9. The number of hydrogen-bond acceptors (Lipinski definition) is 1. The van der Waals surface area contributed by atoms with Crippen LogP contribution in [0.3, 0.4) is 0 Å². The SMILES string of the molecule is c1ccc(-c2ccc3c(c2)oc2c4[nH]c5ccccc5c4c4ccccc4c32)cc1. The molecular weight excluding hydrogens is 366 g/mol. The molecule has 7 rings (SSSR count). The van der Waals surface area contributed by atoms with Crippen LogP contribution in [0.5, 0.6) is 0 Å². The number of benzene rings is 5. The molecule has 0 atom stereocenters. The molecule has 5 aromatic carbocycles. The number of fused-ring (bicyclic) bond motifs is 10. The van der Waals surface area contributed by atoms with Gasteiger partial charge in [0.05, 0.1) is 5.52 Å². The fourth-order valence-corrected chi connectivity index (χ4v) is 4.86. The van der Waals surface area contributed by atoms with Gasteiger partial charge in [-0.05, 0) is 40.1 Å². The van der Waals surface area contributed by atoms with Crippen LogP contribution in [0, 0.1) is 0 Å². The Balaban J connectivity index is 1.69. The van der Waals surface area contributed by atoms with Crippen molar-refractivity contribution in [2.24, 2.45) is 0 Å². The van der Waals surface area contributed by atoms with Crippen LogP contribution in [0.1, 0.15) is 0 Å². The minimum Gasteiger partial charge on any atom is -0.454 e. The quantitative estimate of drug-likeness (QED) is 0.305. The molecule has 0 aliphatic heterocycles. The minimum atomic E-state index is 0.919. The molecule has 0 bridgehead atoms. The number of nitrogens with one attached hydrogen (secondary N) is 1. The molecule has 7 aromatic rings. The predicted molar refractivity (Wildman–Crippen MR) is 126 cm³/mol. The minimum absolute atomic E-state index is 0.919. The third kappa shape index (κ3) is 2.03. The standard InChI is InChI=1S/C28H17NO/c1-2-8-17(9-3-1)18-14-15-22-24(16-18)30-28-26(22)20-11-5-4-10-19(20)25-21-12-6-7-13-23(21)29-27(25)28/h1-16,29H. The molecule has 0 amide bonds. The Hall–Kier alpha value is -4.04. The largest absolute Gasteiger partial charge is 0.454 e. The third-order valence-corrected chi connectivity index (χ3v) is 6.20. The van der Waals surface area contributed by atoms with Crippen LogP contribution in [0.2, 0.25) is 0 Å². The topological polar surface area (TPSA) is 28.9 Å². The molecule has 2 heterocycles. The fraction of sp³-hybridized carbons (Fsp3) is 0. The van der Waals surface area contributed by atoms with Gasteiger partial charge >= 0.3 is 0 Å². The van der Waals surface area contributed by atoms with Crippen molar-refractivity contribution in [2.75, 3.05) is 0 Å². The van der Waals surface area contributed by atoms with Gasteiger partial charge in [0.25, 0.3) is 0 Å². The Morgan fingerprint density at radius 2 is 1.23 bits per heavy atom. The Bertz CT molecular complexity index is 1740. The van der Waals surface area contributed by atoms with E-state index in [4.69, 9.17) is 4.42 Å². The van der Waals surface area contributed by atoms with Crippen LogP contribution in [0.25, 0.3) is 65.6 Å². The first-order valence-corrected chi connectivity index (χ1v) is 10.2. The summed E-state index contributed by atoms with van der Waals surface area (Å²) in [6, 6.07) is 34.1. The zero-order valence-corrected chi connectivity index (χ0v) is 16.1. The lowest BCUT2D eigenvalue weighted by molar-refractivity contribution is 0.672. The van der Waals surface area contributed by atoms with E-state index in [-0.39, 0.29) is 0 Å². The monoisotopic (exact) mass is 383 g/mol. The molecule has 0 fully saturated rings. The molecule has 140 valence electrons. The maximum atomic E-state index is 6.53. The highest BCUT2D eigenvalue weighted by Gasteiger charge is 2.19. The van der Waals surface area contributed by atoms with E-state index in [1.54, 1.807) is 0 Å². The summed E-state index contributed by atoms with van der Waals surface area (Å²) < 4.78 is 6.53. The van der Waals surface area contributed by atoms with E-state index in [0.29, 0.717) is 0 Å². The first kappa shape index (κ1) is 15.8. The molecule has 1 N–H and O–H groups in total. The number of rotatable bonds is 1. The van der Waals surface area contributed by atoms with Gasteiger partial charge in [-0.3, -0.25) is 0 Å². The van der Waals surface area contributed by atoms with Crippen LogP contribution in [0.4, 0.5) is 0 Å². The Morgan fingerprint density at radius 1 is 0.533 bits per heavy atom. The van der Waals surface area contributed by atoms with Gasteiger partial charge in [-0.1, -0.05) is 78.9 Å². The summed E-state index contributed by atoms with van der Waals surface area (Å²) in [6.45, 7) is 0. The van der Waals surface area contributed by atoms with E-state index in [1.807, 2.05) is 6.07 Å². The van der Waals surface area contributed by atoms with Crippen molar-refractivity contribution in [1.82, 2.24) is 4.98 Å². The lowest BCUT2D eigenvalue weighted by Gasteiger charge is -2.03. The van der Waals surface area contributed by atoms with E-state index < -0.39 is 0 Å². The number of aromatic nitrogens is 1. The van der Waals surface area contributed by atoms with E-state index in [0.717, 1.165) is 27.6 Å². The zero-order chi connectivity index (χ0) is 19.7. The highest BCUT2D eigenvalue weighted by Crippen LogP contribution is 2.43. The lowest BCUT2D eigenvalue weighted by atomic mass is 9.98. The van der Waals surface area contributed by atoms with Crippen LogP contribution in [-0.2, 0) is 0 Å². The van der Waals surface area contributed by atoms with Crippen molar-refractivity contribution < 1.29 is 4.42 Å². The van der Waals surface area contributed by atoms with Crippen molar-refractivity contribution in [2.45, 2.75) is 0 Å². The van der Waals surface area contributed by atoms with Gasteiger partial charge < -0.3 is 9.40 Å². The maximum Gasteiger partial charge on any atom is 0.160 e. The summed E-state index contributed by atoms with van der Waals surface area (Å²) in [5.41, 5.74) is 6.42. The third-order valence-electron chi connectivity index (χ3n) is 6.20. The number of furan rings is 1. The van der Waals surface area contributed by atoms with Crippen molar-refractivity contribution in [1.29, 1.82) is 0 Å². The first-order valence-electron chi connectivity index (χ1n) is 10.2. The van der Waals surface area contributed by atoms with Gasteiger partial charge in [0.15, 0.2) is 5.58 Å². The lowest BCUT2D eigenvalue weighted by Crippen LogP contribution is -1.79. The Labute approximate surface area is 172 Å². The molecule has 0 radical (unpaired) electrons. The summed E-state index contributed by atoms with van der Waals surface area (Å²) in [5.74, 6) is 0. The van der Waals surface area contributed by atoms with Crippen molar-refractivity contribution in [3.8, 4) is 11.1 Å². The van der Waals surface area contributed by atoms with Gasteiger partial charge in [0, 0.05) is 27.1 Å². The van der Waals surface area contributed by atoms with Crippen LogP contribution in [0.15, 0.2) is 101 Å². The van der Waals surface area contributed by atoms with E-state index in [9.17, 15) is 0 Å². The average Bonchev–Trinajstić information content (AvgIpc) is 3.38. The van der Waals surface area contributed by atoms with Crippen molar-refractivity contribution >= 4 is 54.5 Å². The summed E-state index contributed by atoms with van der Waals surface area (Å²) in [5, 5.41) is 7.29. The number of H-pyrrole nitrogens is 1. The van der Waals surface area contributed by atoms with E-state index >= 15 is 0 Å². The molecular formula is C28H17NO. The zero-order valence-electron chi connectivity index (χ0n) is 16.1.